The van der Waals surface area contributed by atoms with Gasteiger partial charge in [-0.2, -0.15) is 0 Å². The summed E-state index contributed by atoms with van der Waals surface area (Å²) in [5, 5.41) is 3.44. The van der Waals surface area contributed by atoms with Crippen molar-refractivity contribution in [2.24, 2.45) is 0 Å². The molecule has 0 unspecified atom stereocenters. The van der Waals surface area contributed by atoms with Crippen LogP contribution in [0.4, 0.5) is 5.69 Å². The number of aryl methyl sites for hydroxylation is 1. The Balaban J connectivity index is 2.23. The summed E-state index contributed by atoms with van der Waals surface area (Å²) in [7, 11) is 3.32. The number of allylic oxidation sites excluding steroid dienone is 1. The average molecular weight is 297 g/mol. The van der Waals surface area contributed by atoms with E-state index >= 15 is 0 Å². The molecule has 2 rings (SSSR count). The Kier molecular flexibility index (Phi) is 5.48. The SMILES string of the molecule is C=CCc1cc(CNc2cccc(C)c2)cc(OC)c1OC. The predicted molar refractivity (Wildman–Crippen MR) is 92.0 cm³/mol. The van der Waals surface area contributed by atoms with Gasteiger partial charge in [-0.15, -0.1) is 6.58 Å². The second kappa shape index (κ2) is 7.55. The Bertz CT molecular complexity index is 650. The first kappa shape index (κ1) is 16.0. The minimum Gasteiger partial charge on any atom is -0.493 e. The van der Waals surface area contributed by atoms with Crippen molar-refractivity contribution in [1.82, 2.24) is 0 Å². The summed E-state index contributed by atoms with van der Waals surface area (Å²) in [5.74, 6) is 1.53. The van der Waals surface area contributed by atoms with Crippen molar-refractivity contribution in [1.29, 1.82) is 0 Å². The molecule has 0 saturated heterocycles. The Labute approximate surface area is 132 Å². The first-order chi connectivity index (χ1) is 10.7. The van der Waals surface area contributed by atoms with Crippen LogP contribution in [0.1, 0.15) is 16.7 Å². The van der Waals surface area contributed by atoms with Crippen molar-refractivity contribution in [2.75, 3.05) is 19.5 Å². The molecule has 0 aliphatic rings. The summed E-state index contributed by atoms with van der Waals surface area (Å²) >= 11 is 0. The highest BCUT2D eigenvalue weighted by molar-refractivity contribution is 5.52. The maximum Gasteiger partial charge on any atom is 0.164 e. The number of hydrogen-bond acceptors (Lipinski definition) is 3. The molecule has 0 aromatic heterocycles. The molecule has 0 amide bonds. The molecule has 0 aliphatic heterocycles. The van der Waals surface area contributed by atoms with Gasteiger partial charge in [-0.1, -0.05) is 18.2 Å². The van der Waals surface area contributed by atoms with Crippen LogP contribution in [-0.2, 0) is 13.0 Å². The first-order valence-electron chi connectivity index (χ1n) is 7.33. The average Bonchev–Trinajstić information content (AvgIpc) is 2.52. The van der Waals surface area contributed by atoms with Crippen LogP contribution >= 0.6 is 0 Å². The van der Waals surface area contributed by atoms with Gasteiger partial charge >= 0.3 is 0 Å². The van der Waals surface area contributed by atoms with E-state index in [4.69, 9.17) is 9.47 Å². The van der Waals surface area contributed by atoms with Gasteiger partial charge in [0.1, 0.15) is 0 Å². The Morgan fingerprint density at radius 3 is 2.59 bits per heavy atom. The van der Waals surface area contributed by atoms with Gasteiger partial charge in [-0.25, -0.2) is 0 Å². The van der Waals surface area contributed by atoms with E-state index in [2.05, 4.69) is 49.2 Å². The molecule has 0 atom stereocenters. The van der Waals surface area contributed by atoms with E-state index < -0.39 is 0 Å². The molecule has 116 valence electrons. The van der Waals surface area contributed by atoms with Crippen molar-refractivity contribution in [2.45, 2.75) is 19.9 Å². The van der Waals surface area contributed by atoms with Crippen LogP contribution in [0.2, 0.25) is 0 Å². The number of benzene rings is 2. The quantitative estimate of drug-likeness (QED) is 0.771. The lowest BCUT2D eigenvalue weighted by molar-refractivity contribution is 0.352. The molecule has 3 heteroatoms. The maximum atomic E-state index is 5.46. The molecule has 1 N–H and O–H groups in total. The number of ether oxygens (including phenoxy) is 2. The summed E-state index contributed by atoms with van der Waals surface area (Å²) < 4.78 is 10.9. The van der Waals surface area contributed by atoms with E-state index in [1.165, 1.54) is 5.56 Å². The van der Waals surface area contributed by atoms with E-state index in [1.807, 2.05) is 12.1 Å². The van der Waals surface area contributed by atoms with Crippen molar-refractivity contribution in [3.05, 3.63) is 65.7 Å². The lowest BCUT2D eigenvalue weighted by Gasteiger charge is -2.15. The maximum absolute atomic E-state index is 5.46. The number of anilines is 1. The smallest absolute Gasteiger partial charge is 0.164 e. The number of nitrogens with one attached hydrogen (secondary N) is 1. The summed E-state index contributed by atoms with van der Waals surface area (Å²) in [6, 6.07) is 12.5. The van der Waals surface area contributed by atoms with E-state index in [9.17, 15) is 0 Å². The molecule has 3 nitrogen and oxygen atoms in total. The van der Waals surface area contributed by atoms with Gasteiger partial charge < -0.3 is 14.8 Å². The highest BCUT2D eigenvalue weighted by atomic mass is 16.5. The van der Waals surface area contributed by atoms with E-state index in [0.717, 1.165) is 41.3 Å². The third-order valence-corrected chi connectivity index (χ3v) is 3.49. The highest BCUT2D eigenvalue weighted by Crippen LogP contribution is 2.33. The van der Waals surface area contributed by atoms with Crippen molar-refractivity contribution >= 4 is 5.69 Å². The third kappa shape index (κ3) is 3.82. The first-order valence-corrected chi connectivity index (χ1v) is 7.33. The normalized spacial score (nSPS) is 10.1. The molecule has 2 aromatic carbocycles. The van der Waals surface area contributed by atoms with E-state index in [-0.39, 0.29) is 0 Å². The van der Waals surface area contributed by atoms with Crippen molar-refractivity contribution in [3.8, 4) is 11.5 Å². The number of hydrogen-bond donors (Lipinski definition) is 1. The molecule has 0 fully saturated rings. The molecule has 0 spiro atoms. The van der Waals surface area contributed by atoms with Crippen LogP contribution in [0.5, 0.6) is 11.5 Å². The lowest BCUT2D eigenvalue weighted by Crippen LogP contribution is -2.03. The Morgan fingerprint density at radius 2 is 1.95 bits per heavy atom. The molecule has 0 heterocycles. The zero-order chi connectivity index (χ0) is 15.9. The fourth-order valence-corrected chi connectivity index (χ4v) is 2.47. The summed E-state index contributed by atoms with van der Waals surface area (Å²) in [4.78, 5) is 0. The molecule has 0 bridgehead atoms. The minimum atomic E-state index is 0.730. The van der Waals surface area contributed by atoms with Gasteiger partial charge in [0.05, 0.1) is 14.2 Å². The number of rotatable bonds is 7. The monoisotopic (exact) mass is 297 g/mol. The summed E-state index contributed by atoms with van der Waals surface area (Å²) in [6.45, 7) is 6.63. The second-order valence-electron chi connectivity index (χ2n) is 5.21. The van der Waals surface area contributed by atoms with E-state index in [0.29, 0.717) is 0 Å². The lowest BCUT2D eigenvalue weighted by atomic mass is 10.1. The Hall–Kier alpha value is -2.42. The van der Waals surface area contributed by atoms with Crippen LogP contribution < -0.4 is 14.8 Å². The topological polar surface area (TPSA) is 30.5 Å². The van der Waals surface area contributed by atoms with Crippen LogP contribution in [0.25, 0.3) is 0 Å². The second-order valence-corrected chi connectivity index (χ2v) is 5.21. The van der Waals surface area contributed by atoms with Crippen LogP contribution in [-0.4, -0.2) is 14.2 Å². The zero-order valence-electron chi connectivity index (χ0n) is 13.5. The standard InChI is InChI=1S/C19H23NO2/c1-5-7-16-11-15(12-18(21-3)19(16)22-4)13-20-17-9-6-8-14(2)10-17/h5-6,8-12,20H,1,7,13H2,2-4H3. The Morgan fingerprint density at radius 1 is 1.14 bits per heavy atom. The van der Waals surface area contributed by atoms with Gasteiger partial charge in [0, 0.05) is 17.8 Å². The van der Waals surface area contributed by atoms with Crippen molar-refractivity contribution < 1.29 is 9.47 Å². The predicted octanol–water partition coefficient (Wildman–Crippen LogP) is 4.35. The molecule has 22 heavy (non-hydrogen) atoms. The fraction of sp³-hybridized carbons (Fsp3) is 0.263. The van der Waals surface area contributed by atoms with Gasteiger partial charge in [0.25, 0.3) is 0 Å². The van der Waals surface area contributed by atoms with Gasteiger partial charge in [-0.3, -0.25) is 0 Å². The molecule has 0 saturated carbocycles. The fourth-order valence-electron chi connectivity index (χ4n) is 2.47. The summed E-state index contributed by atoms with van der Waals surface area (Å²) in [5.41, 5.74) is 4.58. The zero-order valence-corrected chi connectivity index (χ0v) is 13.5. The van der Waals surface area contributed by atoms with Gasteiger partial charge in [0.15, 0.2) is 11.5 Å². The highest BCUT2D eigenvalue weighted by Gasteiger charge is 2.11. The van der Waals surface area contributed by atoms with E-state index in [1.54, 1.807) is 14.2 Å². The van der Waals surface area contributed by atoms with Crippen LogP contribution in [0, 0.1) is 6.92 Å². The van der Waals surface area contributed by atoms with Gasteiger partial charge in [0.2, 0.25) is 0 Å². The van der Waals surface area contributed by atoms with Crippen LogP contribution in [0.3, 0.4) is 0 Å². The van der Waals surface area contributed by atoms with Crippen LogP contribution in [0.15, 0.2) is 49.1 Å². The minimum absolute atomic E-state index is 0.730. The largest absolute Gasteiger partial charge is 0.493 e. The summed E-state index contributed by atoms with van der Waals surface area (Å²) in [6.07, 6.45) is 2.62. The third-order valence-electron chi connectivity index (χ3n) is 3.49. The molecule has 2 aromatic rings. The van der Waals surface area contributed by atoms with Crippen molar-refractivity contribution in [3.63, 3.8) is 0 Å². The van der Waals surface area contributed by atoms with Gasteiger partial charge in [-0.05, 0) is 48.7 Å². The number of methoxy groups -OCH3 is 2. The molecular formula is C19H23NO2. The molecule has 0 aliphatic carbocycles. The molecular weight excluding hydrogens is 274 g/mol. The molecule has 0 radical (unpaired) electrons.